The van der Waals surface area contributed by atoms with Crippen LogP contribution in [0.3, 0.4) is 0 Å². The number of benzene rings is 1. The maximum atomic E-state index is 12.2. The summed E-state index contributed by atoms with van der Waals surface area (Å²) in [7, 11) is -3.56. The Bertz CT molecular complexity index is 628. The number of rotatable bonds is 8. The first-order chi connectivity index (χ1) is 10.9. The molecule has 128 valence electrons. The van der Waals surface area contributed by atoms with E-state index in [-0.39, 0.29) is 23.6 Å². The number of nitrogens with one attached hydrogen (secondary N) is 1. The standard InChI is InChI=1S/C15H22N2O5S/c1-12(2)22-13-4-6-14(7-5-13)23(19,20)16-8-3-9-17-10-11-21-15(17)18/h4-7,12,16H,3,8-11H2,1-2H3. The molecule has 0 radical (unpaired) electrons. The third-order valence-corrected chi connectivity index (χ3v) is 4.72. The van der Waals surface area contributed by atoms with E-state index in [2.05, 4.69) is 4.72 Å². The number of cyclic esters (lactones) is 1. The summed E-state index contributed by atoms with van der Waals surface area (Å²) in [6, 6.07) is 6.29. The van der Waals surface area contributed by atoms with Crippen LogP contribution in [0.5, 0.6) is 5.75 Å². The highest BCUT2D eigenvalue weighted by Gasteiger charge is 2.21. The molecule has 8 heteroatoms. The number of amides is 1. The lowest BCUT2D eigenvalue weighted by Gasteiger charge is -2.13. The molecule has 1 aromatic rings. The number of sulfonamides is 1. The fourth-order valence-corrected chi connectivity index (χ4v) is 3.23. The van der Waals surface area contributed by atoms with E-state index in [0.29, 0.717) is 31.9 Å². The van der Waals surface area contributed by atoms with E-state index >= 15 is 0 Å². The zero-order valence-corrected chi connectivity index (χ0v) is 14.1. The van der Waals surface area contributed by atoms with Crippen molar-refractivity contribution in [1.82, 2.24) is 9.62 Å². The first-order valence-electron chi connectivity index (χ1n) is 7.56. The van der Waals surface area contributed by atoms with E-state index in [9.17, 15) is 13.2 Å². The largest absolute Gasteiger partial charge is 0.491 e. The molecule has 7 nitrogen and oxygen atoms in total. The first-order valence-corrected chi connectivity index (χ1v) is 9.05. The molecule has 0 atom stereocenters. The molecule has 1 fully saturated rings. The van der Waals surface area contributed by atoms with Gasteiger partial charge < -0.3 is 14.4 Å². The van der Waals surface area contributed by atoms with Crippen molar-refractivity contribution in [3.05, 3.63) is 24.3 Å². The Kier molecular flexibility index (Phi) is 5.84. The van der Waals surface area contributed by atoms with Crippen LogP contribution in [0.15, 0.2) is 29.2 Å². The van der Waals surface area contributed by atoms with Gasteiger partial charge in [0.15, 0.2) is 0 Å². The van der Waals surface area contributed by atoms with Gasteiger partial charge in [0.1, 0.15) is 12.4 Å². The van der Waals surface area contributed by atoms with Crippen LogP contribution >= 0.6 is 0 Å². The predicted molar refractivity (Wildman–Crippen MR) is 84.9 cm³/mol. The second-order valence-electron chi connectivity index (χ2n) is 5.49. The minimum atomic E-state index is -3.56. The van der Waals surface area contributed by atoms with Crippen LogP contribution in [0, 0.1) is 0 Å². The van der Waals surface area contributed by atoms with E-state index in [1.165, 1.54) is 12.1 Å². The summed E-state index contributed by atoms with van der Waals surface area (Å²) in [4.78, 5) is 13.0. The Hall–Kier alpha value is -1.80. The minimum Gasteiger partial charge on any atom is -0.491 e. The van der Waals surface area contributed by atoms with Crippen LogP contribution < -0.4 is 9.46 Å². The van der Waals surface area contributed by atoms with Gasteiger partial charge in [0, 0.05) is 13.1 Å². The summed E-state index contributed by atoms with van der Waals surface area (Å²) in [5, 5.41) is 0. The van der Waals surface area contributed by atoms with Gasteiger partial charge in [-0.15, -0.1) is 0 Å². The lowest BCUT2D eigenvalue weighted by molar-refractivity contribution is 0.158. The van der Waals surface area contributed by atoms with Crippen LogP contribution in [-0.4, -0.2) is 51.8 Å². The number of nitrogens with zero attached hydrogens (tertiary/aromatic N) is 1. The Morgan fingerprint density at radius 3 is 2.57 bits per heavy atom. The van der Waals surface area contributed by atoms with E-state index in [1.54, 1.807) is 17.0 Å². The third-order valence-electron chi connectivity index (χ3n) is 3.25. The van der Waals surface area contributed by atoms with Crippen LogP contribution in [0.25, 0.3) is 0 Å². The van der Waals surface area contributed by atoms with Crippen molar-refractivity contribution >= 4 is 16.1 Å². The molecule has 0 aromatic heterocycles. The van der Waals surface area contributed by atoms with Crippen LogP contribution in [0.1, 0.15) is 20.3 Å². The highest BCUT2D eigenvalue weighted by molar-refractivity contribution is 7.89. The summed E-state index contributed by atoms with van der Waals surface area (Å²) >= 11 is 0. The summed E-state index contributed by atoms with van der Waals surface area (Å²) < 4.78 is 37.2. The van der Waals surface area contributed by atoms with Crippen LogP contribution in [-0.2, 0) is 14.8 Å². The smallest absolute Gasteiger partial charge is 0.409 e. The Labute approximate surface area is 136 Å². The van der Waals surface area contributed by atoms with Crippen molar-refractivity contribution in [2.24, 2.45) is 0 Å². The fraction of sp³-hybridized carbons (Fsp3) is 0.533. The third kappa shape index (κ3) is 5.11. The number of hydrogen-bond donors (Lipinski definition) is 1. The summed E-state index contributed by atoms with van der Waals surface area (Å²) in [6.45, 7) is 5.50. The van der Waals surface area contributed by atoms with Crippen molar-refractivity contribution in [3.8, 4) is 5.75 Å². The van der Waals surface area contributed by atoms with Gasteiger partial charge in [0.2, 0.25) is 10.0 Å². The topological polar surface area (TPSA) is 84.9 Å². The van der Waals surface area contributed by atoms with Crippen LogP contribution in [0.2, 0.25) is 0 Å². The maximum Gasteiger partial charge on any atom is 0.409 e. The minimum absolute atomic E-state index is 0.0351. The molecule has 0 saturated carbocycles. The van der Waals surface area contributed by atoms with Crippen molar-refractivity contribution < 1.29 is 22.7 Å². The van der Waals surface area contributed by atoms with Gasteiger partial charge in [0.05, 0.1) is 17.5 Å². The molecule has 2 rings (SSSR count). The van der Waals surface area contributed by atoms with Crippen molar-refractivity contribution in [2.75, 3.05) is 26.2 Å². The molecule has 1 saturated heterocycles. The maximum absolute atomic E-state index is 12.2. The van der Waals surface area contributed by atoms with Crippen LogP contribution in [0.4, 0.5) is 4.79 Å². The highest BCUT2D eigenvalue weighted by atomic mass is 32.2. The number of hydrogen-bond acceptors (Lipinski definition) is 5. The normalized spacial score (nSPS) is 15.1. The van der Waals surface area contributed by atoms with Gasteiger partial charge in [-0.3, -0.25) is 0 Å². The molecule has 1 aliphatic rings. The first kappa shape index (κ1) is 17.6. The van der Waals surface area contributed by atoms with Gasteiger partial charge >= 0.3 is 6.09 Å². The van der Waals surface area contributed by atoms with Gasteiger partial charge in [-0.2, -0.15) is 0 Å². The van der Waals surface area contributed by atoms with Crippen molar-refractivity contribution in [2.45, 2.75) is 31.3 Å². The summed E-state index contributed by atoms with van der Waals surface area (Å²) in [5.74, 6) is 0.631. The highest BCUT2D eigenvalue weighted by Crippen LogP contribution is 2.17. The van der Waals surface area contributed by atoms with Gasteiger partial charge in [0.25, 0.3) is 0 Å². The van der Waals surface area contributed by atoms with Gasteiger partial charge in [-0.05, 0) is 44.5 Å². The molecule has 1 heterocycles. The Morgan fingerprint density at radius 2 is 2.00 bits per heavy atom. The van der Waals surface area contributed by atoms with E-state index in [4.69, 9.17) is 9.47 Å². The molecule has 23 heavy (non-hydrogen) atoms. The second-order valence-corrected chi connectivity index (χ2v) is 7.26. The van der Waals surface area contributed by atoms with E-state index in [0.717, 1.165) is 0 Å². The van der Waals surface area contributed by atoms with E-state index < -0.39 is 10.0 Å². The number of carbonyl (C=O) groups excluding carboxylic acids is 1. The zero-order chi connectivity index (χ0) is 16.9. The molecule has 1 N–H and O–H groups in total. The SMILES string of the molecule is CC(C)Oc1ccc(S(=O)(=O)NCCCN2CCOC2=O)cc1. The van der Waals surface area contributed by atoms with Gasteiger partial charge in [-0.1, -0.05) is 0 Å². The molecule has 0 bridgehead atoms. The molecule has 0 spiro atoms. The quantitative estimate of drug-likeness (QED) is 0.725. The monoisotopic (exact) mass is 342 g/mol. The van der Waals surface area contributed by atoms with E-state index in [1.807, 2.05) is 13.8 Å². The molecule has 0 aliphatic carbocycles. The lowest BCUT2D eigenvalue weighted by Crippen LogP contribution is -2.30. The van der Waals surface area contributed by atoms with Crippen molar-refractivity contribution in [1.29, 1.82) is 0 Å². The second kappa shape index (κ2) is 7.65. The molecule has 1 amide bonds. The van der Waals surface area contributed by atoms with Crippen molar-refractivity contribution in [3.63, 3.8) is 0 Å². The fourth-order valence-electron chi connectivity index (χ4n) is 2.16. The van der Waals surface area contributed by atoms with Gasteiger partial charge in [-0.25, -0.2) is 17.9 Å². The molecular formula is C15H22N2O5S. The predicted octanol–water partition coefficient (Wildman–Crippen LogP) is 1.59. The molecule has 0 unspecified atom stereocenters. The number of carbonyl (C=O) groups is 1. The zero-order valence-electron chi connectivity index (χ0n) is 13.3. The Morgan fingerprint density at radius 1 is 1.30 bits per heavy atom. The summed E-state index contributed by atoms with van der Waals surface area (Å²) in [5.41, 5.74) is 0. The molecule has 1 aromatic carbocycles. The summed E-state index contributed by atoms with van der Waals surface area (Å²) in [6.07, 6.45) is 0.226. The lowest BCUT2D eigenvalue weighted by atomic mass is 10.3. The Balaban J connectivity index is 1.82. The number of ether oxygens (including phenoxy) is 2. The molecular weight excluding hydrogens is 320 g/mol. The molecule has 1 aliphatic heterocycles. The average Bonchev–Trinajstić information content (AvgIpc) is 2.89. The average molecular weight is 342 g/mol.